The summed E-state index contributed by atoms with van der Waals surface area (Å²) in [7, 11) is 0. The Kier molecular flexibility index (Phi) is 15.1. The van der Waals surface area contributed by atoms with Crippen LogP contribution in [-0.2, 0) is 25.9 Å². The van der Waals surface area contributed by atoms with Crippen LogP contribution in [0.3, 0.4) is 0 Å². The molecule has 2 aromatic carbocycles. The normalized spacial score (nSPS) is 12.2. The molecule has 0 saturated carbocycles. The van der Waals surface area contributed by atoms with E-state index >= 15 is 0 Å². The second-order valence-electron chi connectivity index (χ2n) is 11.8. The zero-order chi connectivity index (χ0) is 27.5. The maximum atomic E-state index is 2.65. The van der Waals surface area contributed by atoms with Crippen LogP contribution in [0, 0.1) is 0 Å². The summed E-state index contributed by atoms with van der Waals surface area (Å²) in [6, 6.07) is 22.1. The van der Waals surface area contributed by atoms with E-state index in [1.54, 1.807) is 0 Å². The molecule has 1 heterocycles. The van der Waals surface area contributed by atoms with Crippen molar-refractivity contribution in [2.24, 2.45) is 0 Å². The quantitative estimate of drug-likeness (QED) is 0.0958. The molecule has 0 amide bonds. The highest BCUT2D eigenvalue weighted by molar-refractivity contribution is 5.22. The molecule has 2 heteroatoms. The average Bonchev–Trinajstić information content (AvgIpc) is 3.27. The summed E-state index contributed by atoms with van der Waals surface area (Å²) >= 11 is 0. The molecule has 0 radical (unpaired) electrons. The first-order valence-corrected chi connectivity index (χ1v) is 16.4. The summed E-state index contributed by atoms with van der Waals surface area (Å²) in [6.07, 6.45) is 24.1. The van der Waals surface area contributed by atoms with E-state index in [4.69, 9.17) is 0 Å². The largest absolute Gasteiger partial charge is 0.261 e. The topological polar surface area (TPSA) is 8.81 Å². The van der Waals surface area contributed by atoms with Crippen molar-refractivity contribution in [3.8, 4) is 0 Å². The van der Waals surface area contributed by atoms with Gasteiger partial charge >= 0.3 is 0 Å². The van der Waals surface area contributed by atoms with E-state index in [2.05, 4.69) is 96.8 Å². The fourth-order valence-electron chi connectivity index (χ4n) is 5.99. The number of hydrogen-bond acceptors (Lipinski definition) is 0. The van der Waals surface area contributed by atoms with Crippen LogP contribution in [0.2, 0.25) is 0 Å². The number of rotatable bonds is 21. The lowest BCUT2D eigenvalue weighted by molar-refractivity contribution is -0.704. The number of aryl methyl sites for hydroxylation is 1. The third kappa shape index (κ3) is 11.3. The summed E-state index contributed by atoms with van der Waals surface area (Å²) in [5, 5.41) is 0. The van der Waals surface area contributed by atoms with Crippen LogP contribution < -0.4 is 4.57 Å². The van der Waals surface area contributed by atoms with Crippen molar-refractivity contribution in [2.45, 2.75) is 143 Å². The highest BCUT2D eigenvalue weighted by Crippen LogP contribution is 2.22. The molecule has 0 aliphatic heterocycles. The Morgan fingerprint density at radius 2 is 1.18 bits per heavy atom. The second-order valence-corrected chi connectivity index (χ2v) is 11.8. The first kappa shape index (κ1) is 31.2. The van der Waals surface area contributed by atoms with E-state index in [1.165, 1.54) is 113 Å². The van der Waals surface area contributed by atoms with Gasteiger partial charge in [-0.1, -0.05) is 152 Å². The van der Waals surface area contributed by atoms with E-state index in [0.29, 0.717) is 5.92 Å². The van der Waals surface area contributed by atoms with Gasteiger partial charge in [-0.15, -0.1) is 0 Å². The summed E-state index contributed by atoms with van der Waals surface area (Å²) < 4.78 is 5.25. The molecule has 0 bridgehead atoms. The minimum atomic E-state index is 0.520. The highest BCUT2D eigenvalue weighted by atomic mass is 15.2. The maximum absolute atomic E-state index is 2.65. The molecule has 1 aromatic heterocycles. The van der Waals surface area contributed by atoms with Gasteiger partial charge in [0.25, 0.3) is 5.82 Å². The van der Waals surface area contributed by atoms with E-state index in [1.807, 2.05) is 0 Å². The lowest BCUT2D eigenvalue weighted by Crippen LogP contribution is -2.37. The van der Waals surface area contributed by atoms with Gasteiger partial charge in [0.15, 0.2) is 0 Å². The Morgan fingerprint density at radius 3 is 1.74 bits per heavy atom. The lowest BCUT2D eigenvalue weighted by atomic mass is 9.96. The van der Waals surface area contributed by atoms with Gasteiger partial charge in [-0.05, 0) is 36.3 Å². The van der Waals surface area contributed by atoms with Crippen LogP contribution >= 0.6 is 0 Å². The number of nitrogens with zero attached hydrogens (tertiary/aromatic N) is 2. The van der Waals surface area contributed by atoms with Crippen molar-refractivity contribution in [2.75, 3.05) is 0 Å². The molecule has 3 rings (SSSR count). The smallest absolute Gasteiger partial charge is 0.234 e. The molecule has 3 aromatic rings. The van der Waals surface area contributed by atoms with Crippen molar-refractivity contribution >= 4 is 0 Å². The first-order chi connectivity index (χ1) is 19.2. The fraction of sp³-hybridized carbons (Fsp3) is 0.595. The van der Waals surface area contributed by atoms with Gasteiger partial charge in [-0.2, -0.15) is 0 Å². The van der Waals surface area contributed by atoms with Crippen LogP contribution in [0.25, 0.3) is 0 Å². The van der Waals surface area contributed by atoms with Crippen LogP contribution in [0.15, 0.2) is 66.9 Å². The Balaban J connectivity index is 1.54. The van der Waals surface area contributed by atoms with E-state index in [0.717, 1.165) is 25.9 Å². The molecule has 0 aliphatic carbocycles. The van der Waals surface area contributed by atoms with Gasteiger partial charge in [0.2, 0.25) is 0 Å². The molecule has 1 unspecified atom stereocenters. The number of unbranched alkanes of at least 4 members (excludes halogenated alkanes) is 12. The van der Waals surface area contributed by atoms with Gasteiger partial charge in [0.05, 0.1) is 19.5 Å². The number of benzene rings is 2. The van der Waals surface area contributed by atoms with Crippen molar-refractivity contribution in [1.29, 1.82) is 0 Å². The zero-order valence-corrected chi connectivity index (χ0v) is 25.6. The molecule has 2 nitrogen and oxygen atoms in total. The molecule has 0 N–H and O–H groups in total. The average molecular weight is 530 g/mol. The third-order valence-corrected chi connectivity index (χ3v) is 8.33. The predicted molar refractivity (Wildman–Crippen MR) is 168 cm³/mol. The second kappa shape index (κ2) is 18.9. The minimum absolute atomic E-state index is 0.520. The number of aromatic nitrogens is 2. The van der Waals surface area contributed by atoms with E-state index in [-0.39, 0.29) is 0 Å². The third-order valence-electron chi connectivity index (χ3n) is 8.33. The molecule has 214 valence electrons. The number of imidazole rings is 1. The van der Waals surface area contributed by atoms with E-state index in [9.17, 15) is 0 Å². The molecule has 0 spiro atoms. The van der Waals surface area contributed by atoms with Gasteiger partial charge in [-0.25, -0.2) is 9.13 Å². The Hall–Kier alpha value is -2.35. The highest BCUT2D eigenvalue weighted by Gasteiger charge is 2.24. The molecule has 0 saturated heterocycles. The maximum Gasteiger partial charge on any atom is 0.261 e. The van der Waals surface area contributed by atoms with Crippen LogP contribution in [0.1, 0.15) is 139 Å². The van der Waals surface area contributed by atoms with Crippen molar-refractivity contribution < 1.29 is 4.57 Å². The van der Waals surface area contributed by atoms with Gasteiger partial charge in [0, 0.05) is 6.42 Å². The number of hydrogen-bond donors (Lipinski definition) is 0. The predicted octanol–water partition coefficient (Wildman–Crippen LogP) is 10.2. The molecular weight excluding hydrogens is 472 g/mol. The molecule has 0 fully saturated rings. The van der Waals surface area contributed by atoms with Gasteiger partial charge in [-0.3, -0.25) is 0 Å². The van der Waals surface area contributed by atoms with Crippen molar-refractivity contribution in [3.05, 3.63) is 89.5 Å². The van der Waals surface area contributed by atoms with Gasteiger partial charge in [0.1, 0.15) is 11.9 Å². The van der Waals surface area contributed by atoms with Crippen molar-refractivity contribution in [1.82, 2.24) is 4.57 Å². The Bertz CT molecular complexity index is 1000. The Morgan fingerprint density at radius 1 is 0.641 bits per heavy atom. The minimum Gasteiger partial charge on any atom is -0.234 e. The summed E-state index contributed by atoms with van der Waals surface area (Å²) in [6.45, 7) is 9.24. The van der Waals surface area contributed by atoms with E-state index < -0.39 is 0 Å². The van der Waals surface area contributed by atoms with Crippen molar-refractivity contribution in [3.63, 3.8) is 0 Å². The Labute approximate surface area is 240 Å². The summed E-state index contributed by atoms with van der Waals surface area (Å²) in [4.78, 5) is 0. The van der Waals surface area contributed by atoms with Gasteiger partial charge < -0.3 is 0 Å². The first-order valence-electron chi connectivity index (χ1n) is 16.4. The van der Waals surface area contributed by atoms with Crippen LogP contribution in [0.4, 0.5) is 0 Å². The van der Waals surface area contributed by atoms with Crippen LogP contribution in [0.5, 0.6) is 0 Å². The molecular formula is C37H57N2+. The monoisotopic (exact) mass is 529 g/mol. The summed E-state index contributed by atoms with van der Waals surface area (Å²) in [5.41, 5.74) is 4.35. The lowest BCUT2D eigenvalue weighted by Gasteiger charge is -2.11. The summed E-state index contributed by atoms with van der Waals surface area (Å²) in [5.74, 6) is 2.00. The zero-order valence-electron chi connectivity index (χ0n) is 25.6. The standard InChI is InChI=1S/C37H57N2/c1-4-6-7-8-9-10-11-12-13-14-15-16-23-29-38-32-36(30-33(3)35-26-21-18-22-27-35)39(28-5-2)37(38)31-34-24-19-17-20-25-34/h17-22,24-27,32-33H,4-16,23,28-31H2,1-3H3/q+1. The fourth-order valence-corrected chi connectivity index (χ4v) is 5.99. The van der Waals surface area contributed by atoms with Crippen LogP contribution in [-0.4, -0.2) is 4.57 Å². The molecule has 0 aliphatic rings. The SMILES string of the molecule is CCCCCCCCCCCCCCC[n+]1cc(CC(C)c2ccccc2)n(CCC)c1Cc1ccccc1. The molecule has 1 atom stereocenters. The molecule has 39 heavy (non-hydrogen) atoms.